The van der Waals surface area contributed by atoms with Crippen LogP contribution in [0, 0.1) is 0 Å². The molecule has 0 aliphatic carbocycles. The first-order valence-corrected chi connectivity index (χ1v) is 9.02. The molecule has 1 N–H and O–H groups in total. The standard InChI is InChI=1S/C18H21Cl2N3O2/c1-13(18(24)21-16-10-14(19)9-15(20)11-16)23-6-4-22(5-7-23)12-17-3-2-8-25-17/h2-3,8-11,13H,4-7,12H2,1H3,(H,21,24)/t13-/m1/s1. The molecule has 1 saturated heterocycles. The molecule has 0 spiro atoms. The number of nitrogens with zero attached hydrogens (tertiary/aromatic N) is 2. The molecule has 0 radical (unpaired) electrons. The van der Waals surface area contributed by atoms with Crippen LogP contribution in [-0.2, 0) is 11.3 Å². The van der Waals surface area contributed by atoms with Crippen LogP contribution in [0.15, 0.2) is 41.0 Å². The van der Waals surface area contributed by atoms with Crippen molar-refractivity contribution in [2.45, 2.75) is 19.5 Å². The molecule has 5 nitrogen and oxygen atoms in total. The summed E-state index contributed by atoms with van der Waals surface area (Å²) in [4.78, 5) is 17.0. The van der Waals surface area contributed by atoms with E-state index in [9.17, 15) is 4.79 Å². The molecule has 25 heavy (non-hydrogen) atoms. The first kappa shape index (κ1) is 18.3. The van der Waals surface area contributed by atoms with Crippen LogP contribution >= 0.6 is 23.2 Å². The summed E-state index contributed by atoms with van der Waals surface area (Å²) in [5, 5.41) is 3.89. The van der Waals surface area contributed by atoms with Gasteiger partial charge in [-0.25, -0.2) is 0 Å². The Kier molecular flexibility index (Phi) is 6.02. The second kappa shape index (κ2) is 8.23. The van der Waals surface area contributed by atoms with Gasteiger partial charge in [0.05, 0.1) is 18.8 Å². The number of halogens is 2. The Hall–Kier alpha value is -1.53. The molecule has 1 aliphatic heterocycles. The van der Waals surface area contributed by atoms with Crippen molar-refractivity contribution in [3.05, 3.63) is 52.4 Å². The topological polar surface area (TPSA) is 48.7 Å². The van der Waals surface area contributed by atoms with Crippen molar-refractivity contribution < 1.29 is 9.21 Å². The Morgan fingerprint density at radius 1 is 1.20 bits per heavy atom. The Bertz CT molecular complexity index is 693. The smallest absolute Gasteiger partial charge is 0.241 e. The molecule has 2 heterocycles. The third-order valence-electron chi connectivity index (χ3n) is 4.42. The van der Waals surface area contributed by atoms with Crippen molar-refractivity contribution in [2.24, 2.45) is 0 Å². The summed E-state index contributed by atoms with van der Waals surface area (Å²) in [6.07, 6.45) is 1.69. The number of rotatable bonds is 5. The van der Waals surface area contributed by atoms with Gasteiger partial charge < -0.3 is 9.73 Å². The maximum atomic E-state index is 12.5. The first-order valence-electron chi connectivity index (χ1n) is 8.27. The summed E-state index contributed by atoms with van der Waals surface area (Å²) in [5.74, 6) is 0.912. The highest BCUT2D eigenvalue weighted by Crippen LogP contribution is 2.23. The minimum absolute atomic E-state index is 0.0576. The quantitative estimate of drug-likeness (QED) is 0.856. The van der Waals surface area contributed by atoms with Crippen LogP contribution in [0.3, 0.4) is 0 Å². The zero-order valence-electron chi connectivity index (χ0n) is 14.0. The van der Waals surface area contributed by atoms with Gasteiger partial charge >= 0.3 is 0 Å². The molecule has 1 aromatic heterocycles. The fourth-order valence-electron chi connectivity index (χ4n) is 2.97. The zero-order chi connectivity index (χ0) is 17.8. The highest BCUT2D eigenvalue weighted by Gasteiger charge is 2.26. The predicted molar refractivity (Wildman–Crippen MR) is 100 cm³/mol. The molecule has 7 heteroatoms. The zero-order valence-corrected chi connectivity index (χ0v) is 15.6. The Morgan fingerprint density at radius 3 is 2.48 bits per heavy atom. The molecule has 0 saturated carbocycles. The second-order valence-electron chi connectivity index (χ2n) is 6.21. The highest BCUT2D eigenvalue weighted by molar-refractivity contribution is 6.35. The van der Waals surface area contributed by atoms with E-state index < -0.39 is 0 Å². The lowest BCUT2D eigenvalue weighted by Gasteiger charge is -2.37. The first-order chi connectivity index (χ1) is 12.0. The van der Waals surface area contributed by atoms with Crippen LogP contribution in [-0.4, -0.2) is 47.9 Å². The largest absolute Gasteiger partial charge is 0.468 e. The summed E-state index contributed by atoms with van der Waals surface area (Å²) in [7, 11) is 0. The van der Waals surface area contributed by atoms with Crippen molar-refractivity contribution in [2.75, 3.05) is 31.5 Å². The van der Waals surface area contributed by atoms with Crippen LogP contribution in [0.5, 0.6) is 0 Å². The van der Waals surface area contributed by atoms with Gasteiger partial charge in [0.15, 0.2) is 0 Å². The van der Waals surface area contributed by atoms with E-state index in [4.69, 9.17) is 27.6 Å². The predicted octanol–water partition coefficient (Wildman–Crippen LogP) is 3.73. The normalized spacial score (nSPS) is 17.4. The van der Waals surface area contributed by atoms with Gasteiger partial charge in [-0.15, -0.1) is 0 Å². The average molecular weight is 382 g/mol. The van der Waals surface area contributed by atoms with Gasteiger partial charge in [-0.2, -0.15) is 0 Å². The van der Waals surface area contributed by atoms with Crippen molar-refractivity contribution in [3.8, 4) is 0 Å². The number of hydrogen-bond donors (Lipinski definition) is 1. The lowest BCUT2D eigenvalue weighted by molar-refractivity contribution is -0.121. The summed E-state index contributed by atoms with van der Waals surface area (Å²) < 4.78 is 5.39. The van der Waals surface area contributed by atoms with E-state index in [2.05, 4.69) is 15.1 Å². The molecule has 1 aromatic carbocycles. The van der Waals surface area contributed by atoms with Gasteiger partial charge in [-0.05, 0) is 37.3 Å². The van der Waals surface area contributed by atoms with E-state index in [1.807, 2.05) is 19.1 Å². The van der Waals surface area contributed by atoms with Gasteiger partial charge in [0.25, 0.3) is 0 Å². The van der Waals surface area contributed by atoms with Crippen molar-refractivity contribution in [3.63, 3.8) is 0 Å². The molecule has 1 aliphatic rings. The van der Waals surface area contributed by atoms with Crippen LogP contribution in [0.2, 0.25) is 10.0 Å². The third-order valence-corrected chi connectivity index (χ3v) is 4.86. The minimum Gasteiger partial charge on any atom is -0.468 e. The van der Waals surface area contributed by atoms with E-state index >= 15 is 0 Å². The lowest BCUT2D eigenvalue weighted by Crippen LogP contribution is -2.52. The van der Waals surface area contributed by atoms with E-state index in [1.165, 1.54) is 0 Å². The van der Waals surface area contributed by atoms with Gasteiger partial charge in [-0.1, -0.05) is 23.2 Å². The number of carbonyl (C=O) groups is 1. The van der Waals surface area contributed by atoms with Gasteiger partial charge in [0, 0.05) is 41.9 Å². The van der Waals surface area contributed by atoms with E-state index in [-0.39, 0.29) is 11.9 Å². The maximum Gasteiger partial charge on any atom is 0.241 e. The number of nitrogens with one attached hydrogen (secondary N) is 1. The summed E-state index contributed by atoms with van der Waals surface area (Å²) in [6.45, 7) is 6.21. The molecule has 0 bridgehead atoms. The number of amides is 1. The molecule has 1 fully saturated rings. The highest BCUT2D eigenvalue weighted by atomic mass is 35.5. The monoisotopic (exact) mass is 381 g/mol. The van der Waals surface area contributed by atoms with Gasteiger partial charge in [0.2, 0.25) is 5.91 Å². The summed E-state index contributed by atoms with van der Waals surface area (Å²) in [5.41, 5.74) is 0.616. The SMILES string of the molecule is C[C@H](C(=O)Nc1cc(Cl)cc(Cl)c1)N1CCN(Cc2ccco2)CC1. The Balaban J connectivity index is 1.51. The lowest BCUT2D eigenvalue weighted by atomic mass is 10.2. The second-order valence-corrected chi connectivity index (χ2v) is 7.09. The Labute approximate surface area is 157 Å². The molecule has 0 unspecified atom stereocenters. The van der Waals surface area contributed by atoms with Crippen molar-refractivity contribution in [1.29, 1.82) is 0 Å². The molecule has 1 amide bonds. The van der Waals surface area contributed by atoms with E-state index in [1.54, 1.807) is 24.5 Å². The van der Waals surface area contributed by atoms with Crippen molar-refractivity contribution in [1.82, 2.24) is 9.80 Å². The molecule has 3 rings (SSSR count). The fourth-order valence-corrected chi connectivity index (χ4v) is 3.50. The summed E-state index contributed by atoms with van der Waals surface area (Å²) >= 11 is 12.0. The van der Waals surface area contributed by atoms with Crippen LogP contribution in [0.4, 0.5) is 5.69 Å². The number of piperazine rings is 1. The molecule has 2 aromatic rings. The fraction of sp³-hybridized carbons (Fsp3) is 0.389. The average Bonchev–Trinajstić information content (AvgIpc) is 3.07. The van der Waals surface area contributed by atoms with Gasteiger partial charge in [-0.3, -0.25) is 14.6 Å². The van der Waals surface area contributed by atoms with Gasteiger partial charge in [0.1, 0.15) is 5.76 Å². The molecule has 134 valence electrons. The molecule has 1 atom stereocenters. The molecular weight excluding hydrogens is 361 g/mol. The molecular formula is C18H21Cl2N3O2. The van der Waals surface area contributed by atoms with Crippen LogP contribution in [0.1, 0.15) is 12.7 Å². The van der Waals surface area contributed by atoms with Crippen molar-refractivity contribution >= 4 is 34.8 Å². The number of benzene rings is 1. The van der Waals surface area contributed by atoms with E-state index in [0.717, 1.165) is 38.5 Å². The number of carbonyl (C=O) groups excluding carboxylic acids is 1. The maximum absolute atomic E-state index is 12.5. The number of hydrogen-bond acceptors (Lipinski definition) is 4. The van der Waals surface area contributed by atoms with Crippen LogP contribution in [0.25, 0.3) is 0 Å². The Morgan fingerprint density at radius 2 is 1.88 bits per heavy atom. The van der Waals surface area contributed by atoms with E-state index in [0.29, 0.717) is 15.7 Å². The number of furan rings is 1. The minimum atomic E-state index is -0.219. The summed E-state index contributed by atoms with van der Waals surface area (Å²) in [6, 6.07) is 8.70. The third kappa shape index (κ3) is 4.98. The number of anilines is 1. The van der Waals surface area contributed by atoms with Crippen LogP contribution < -0.4 is 5.32 Å².